The van der Waals surface area contributed by atoms with Crippen LogP contribution in [0.15, 0.2) is 54.6 Å². The largest absolute Gasteiger partial charge is 0.368 e. The van der Waals surface area contributed by atoms with Gasteiger partial charge in [-0.1, -0.05) is 57.2 Å². The zero-order chi connectivity index (χ0) is 17.9. The number of nitrogens with one attached hydrogen (secondary N) is 1. The molecule has 0 bridgehead atoms. The predicted octanol–water partition coefficient (Wildman–Crippen LogP) is 4.34. The zero-order valence-corrected chi connectivity index (χ0v) is 15.3. The summed E-state index contributed by atoms with van der Waals surface area (Å²) in [6, 6.07) is 18.4. The zero-order valence-electron chi connectivity index (χ0n) is 15.3. The number of rotatable bonds is 2. The van der Waals surface area contributed by atoms with Crippen LogP contribution < -0.4 is 10.2 Å². The summed E-state index contributed by atoms with van der Waals surface area (Å²) in [6.07, 6.45) is 0. The summed E-state index contributed by atoms with van der Waals surface area (Å²) in [5, 5.41) is 3.11. The number of anilines is 2. The molecule has 3 rings (SSSR count). The minimum absolute atomic E-state index is 0.00409. The van der Waals surface area contributed by atoms with Gasteiger partial charge in [0, 0.05) is 37.6 Å². The van der Waals surface area contributed by atoms with Crippen LogP contribution in [0.4, 0.5) is 16.2 Å². The molecule has 0 radical (unpaired) electrons. The molecule has 2 aromatic carbocycles. The quantitative estimate of drug-likeness (QED) is 0.885. The molecular formula is C21H27N3O. The van der Waals surface area contributed by atoms with E-state index < -0.39 is 0 Å². The number of piperazine rings is 1. The van der Waals surface area contributed by atoms with Crippen molar-refractivity contribution in [3.8, 4) is 0 Å². The molecule has 4 nitrogen and oxygen atoms in total. The van der Waals surface area contributed by atoms with E-state index in [4.69, 9.17) is 0 Å². The summed E-state index contributed by atoms with van der Waals surface area (Å²) in [5.74, 6) is 0. The molecule has 25 heavy (non-hydrogen) atoms. The fourth-order valence-electron chi connectivity index (χ4n) is 3.25. The number of amides is 2. The van der Waals surface area contributed by atoms with Crippen LogP contribution in [0.25, 0.3) is 0 Å². The monoisotopic (exact) mass is 337 g/mol. The SMILES string of the molecule is CC(C)(C)c1ccccc1NC(=O)N1CCN(c2ccccc2)CC1. The van der Waals surface area contributed by atoms with E-state index in [2.05, 4.69) is 61.3 Å². The molecule has 0 unspecified atom stereocenters. The van der Waals surface area contributed by atoms with Crippen molar-refractivity contribution in [1.82, 2.24) is 4.90 Å². The third-order valence-electron chi connectivity index (χ3n) is 4.66. The Morgan fingerprint density at radius 1 is 0.880 bits per heavy atom. The lowest BCUT2D eigenvalue weighted by Gasteiger charge is -2.36. The van der Waals surface area contributed by atoms with Gasteiger partial charge >= 0.3 is 6.03 Å². The van der Waals surface area contributed by atoms with Gasteiger partial charge in [0.25, 0.3) is 0 Å². The van der Waals surface area contributed by atoms with Crippen molar-refractivity contribution < 1.29 is 4.79 Å². The first-order chi connectivity index (χ1) is 11.9. The van der Waals surface area contributed by atoms with Crippen molar-refractivity contribution in [1.29, 1.82) is 0 Å². The van der Waals surface area contributed by atoms with E-state index in [1.54, 1.807) is 0 Å². The number of nitrogens with zero attached hydrogens (tertiary/aromatic N) is 2. The summed E-state index contributed by atoms with van der Waals surface area (Å²) < 4.78 is 0. The van der Waals surface area contributed by atoms with Crippen LogP contribution in [0.2, 0.25) is 0 Å². The van der Waals surface area contributed by atoms with Crippen molar-refractivity contribution in [2.24, 2.45) is 0 Å². The fraction of sp³-hybridized carbons (Fsp3) is 0.381. The lowest BCUT2D eigenvalue weighted by molar-refractivity contribution is 0.208. The van der Waals surface area contributed by atoms with E-state index >= 15 is 0 Å². The first-order valence-electron chi connectivity index (χ1n) is 8.90. The Hall–Kier alpha value is -2.49. The van der Waals surface area contributed by atoms with E-state index in [0.717, 1.165) is 37.4 Å². The molecule has 2 amide bonds. The van der Waals surface area contributed by atoms with Crippen molar-refractivity contribution >= 4 is 17.4 Å². The third kappa shape index (κ3) is 4.13. The second kappa shape index (κ2) is 7.18. The smallest absolute Gasteiger partial charge is 0.321 e. The van der Waals surface area contributed by atoms with Gasteiger partial charge in [-0.05, 0) is 29.2 Å². The molecule has 1 N–H and O–H groups in total. The van der Waals surface area contributed by atoms with Gasteiger partial charge in [-0.25, -0.2) is 4.79 Å². The van der Waals surface area contributed by atoms with Crippen LogP contribution in [-0.2, 0) is 5.41 Å². The highest BCUT2D eigenvalue weighted by Crippen LogP contribution is 2.29. The van der Waals surface area contributed by atoms with Crippen LogP contribution in [0.1, 0.15) is 26.3 Å². The Balaban J connectivity index is 1.63. The maximum absolute atomic E-state index is 12.7. The highest BCUT2D eigenvalue weighted by molar-refractivity contribution is 5.90. The average Bonchev–Trinajstić information content (AvgIpc) is 2.62. The van der Waals surface area contributed by atoms with E-state index in [9.17, 15) is 4.79 Å². The van der Waals surface area contributed by atoms with Crippen molar-refractivity contribution in [3.63, 3.8) is 0 Å². The molecule has 0 saturated carbocycles. The highest BCUT2D eigenvalue weighted by atomic mass is 16.2. The standard InChI is InChI=1S/C21H27N3O/c1-21(2,3)18-11-7-8-12-19(18)22-20(25)24-15-13-23(14-16-24)17-9-5-4-6-10-17/h4-12H,13-16H2,1-3H3,(H,22,25). The van der Waals surface area contributed by atoms with Gasteiger partial charge in [0.15, 0.2) is 0 Å². The Morgan fingerprint density at radius 2 is 1.48 bits per heavy atom. The van der Waals surface area contributed by atoms with E-state index in [1.807, 2.05) is 29.2 Å². The molecule has 1 heterocycles. The lowest BCUT2D eigenvalue weighted by Crippen LogP contribution is -2.50. The van der Waals surface area contributed by atoms with Crippen molar-refractivity contribution in [2.45, 2.75) is 26.2 Å². The van der Waals surface area contributed by atoms with Crippen LogP contribution in [0, 0.1) is 0 Å². The molecule has 1 aliphatic rings. The minimum atomic E-state index is -0.00980. The van der Waals surface area contributed by atoms with Crippen LogP contribution in [-0.4, -0.2) is 37.1 Å². The van der Waals surface area contributed by atoms with Gasteiger partial charge in [0.1, 0.15) is 0 Å². The van der Waals surface area contributed by atoms with Crippen LogP contribution in [0.5, 0.6) is 0 Å². The maximum Gasteiger partial charge on any atom is 0.321 e. The normalized spacial score (nSPS) is 15.2. The Kier molecular flexibility index (Phi) is 4.98. The minimum Gasteiger partial charge on any atom is -0.368 e. The fourth-order valence-corrected chi connectivity index (χ4v) is 3.25. The number of carbonyl (C=O) groups excluding carboxylic acids is 1. The number of hydrogen-bond acceptors (Lipinski definition) is 2. The summed E-state index contributed by atoms with van der Waals surface area (Å²) in [7, 11) is 0. The highest BCUT2D eigenvalue weighted by Gasteiger charge is 2.23. The number of urea groups is 1. The number of para-hydroxylation sites is 2. The molecule has 132 valence electrons. The molecule has 0 aromatic heterocycles. The first kappa shape index (κ1) is 17.3. The molecule has 0 aliphatic carbocycles. The summed E-state index contributed by atoms with van der Waals surface area (Å²) in [6.45, 7) is 9.68. The molecule has 0 spiro atoms. The maximum atomic E-state index is 12.7. The average molecular weight is 337 g/mol. The topological polar surface area (TPSA) is 35.6 Å². The second-order valence-electron chi connectivity index (χ2n) is 7.54. The van der Waals surface area contributed by atoms with E-state index in [0.29, 0.717) is 0 Å². The Labute approximate surface area is 150 Å². The molecule has 2 aromatic rings. The predicted molar refractivity (Wildman–Crippen MR) is 104 cm³/mol. The summed E-state index contributed by atoms with van der Waals surface area (Å²) in [4.78, 5) is 16.9. The van der Waals surface area contributed by atoms with E-state index in [-0.39, 0.29) is 11.4 Å². The van der Waals surface area contributed by atoms with Gasteiger partial charge < -0.3 is 15.1 Å². The molecule has 1 fully saturated rings. The Bertz CT molecular complexity index is 713. The van der Waals surface area contributed by atoms with Gasteiger partial charge in [0.2, 0.25) is 0 Å². The van der Waals surface area contributed by atoms with Gasteiger partial charge in [-0.3, -0.25) is 0 Å². The second-order valence-corrected chi connectivity index (χ2v) is 7.54. The number of hydrogen-bond donors (Lipinski definition) is 1. The van der Waals surface area contributed by atoms with Gasteiger partial charge in [0.05, 0.1) is 0 Å². The third-order valence-corrected chi connectivity index (χ3v) is 4.66. The van der Waals surface area contributed by atoms with Gasteiger partial charge in [-0.15, -0.1) is 0 Å². The molecular weight excluding hydrogens is 310 g/mol. The first-order valence-corrected chi connectivity index (χ1v) is 8.90. The molecule has 1 aliphatic heterocycles. The molecule has 1 saturated heterocycles. The van der Waals surface area contributed by atoms with Crippen molar-refractivity contribution in [3.05, 3.63) is 60.2 Å². The van der Waals surface area contributed by atoms with Crippen LogP contribution >= 0.6 is 0 Å². The molecule has 0 atom stereocenters. The van der Waals surface area contributed by atoms with Gasteiger partial charge in [-0.2, -0.15) is 0 Å². The summed E-state index contributed by atoms with van der Waals surface area (Å²) in [5.41, 5.74) is 3.29. The lowest BCUT2D eigenvalue weighted by atomic mass is 9.86. The Morgan fingerprint density at radius 3 is 2.12 bits per heavy atom. The number of benzene rings is 2. The van der Waals surface area contributed by atoms with Crippen molar-refractivity contribution in [2.75, 3.05) is 36.4 Å². The summed E-state index contributed by atoms with van der Waals surface area (Å²) >= 11 is 0. The van der Waals surface area contributed by atoms with Crippen LogP contribution in [0.3, 0.4) is 0 Å². The number of carbonyl (C=O) groups is 1. The van der Waals surface area contributed by atoms with E-state index in [1.165, 1.54) is 5.69 Å². The molecule has 4 heteroatoms.